The van der Waals surface area contributed by atoms with Gasteiger partial charge in [0, 0.05) is 35.4 Å². The van der Waals surface area contributed by atoms with Crippen LogP contribution >= 0.6 is 23.5 Å². The summed E-state index contributed by atoms with van der Waals surface area (Å²) in [5.74, 6) is 1.93. The topological polar surface area (TPSA) is 192 Å². The Hall–Kier alpha value is -7.24. The van der Waals surface area contributed by atoms with Gasteiger partial charge in [-0.15, -0.1) is 10.2 Å². The highest BCUT2D eigenvalue weighted by Crippen LogP contribution is 2.33. The molecule has 5 aromatic carbocycles. The van der Waals surface area contributed by atoms with Gasteiger partial charge in [-0.25, -0.2) is 14.8 Å². The van der Waals surface area contributed by atoms with Gasteiger partial charge in [-0.05, 0) is 94.9 Å². The second-order valence-electron chi connectivity index (χ2n) is 15.1. The predicted octanol–water partition coefficient (Wildman–Crippen LogP) is 8.52. The summed E-state index contributed by atoms with van der Waals surface area (Å²) >= 11 is 2.63. The number of tetrazole rings is 1. The van der Waals surface area contributed by atoms with Crippen molar-refractivity contribution in [1.82, 2.24) is 45.0 Å². The van der Waals surface area contributed by atoms with Crippen molar-refractivity contribution in [2.75, 3.05) is 0 Å². The molecule has 4 heterocycles. The second kappa shape index (κ2) is 18.6. The number of amides is 2. The highest BCUT2D eigenvalue weighted by Gasteiger charge is 2.31. The Balaban J connectivity index is 0.826. The summed E-state index contributed by atoms with van der Waals surface area (Å²) in [6.45, 7) is 2.66. The number of aryl methyl sites for hydroxylation is 2. The molecule has 8 aromatic rings. The van der Waals surface area contributed by atoms with Gasteiger partial charge >= 0.3 is 5.97 Å². The summed E-state index contributed by atoms with van der Waals surface area (Å²) in [4.78, 5) is 47.8. The van der Waals surface area contributed by atoms with Crippen LogP contribution in [0.3, 0.4) is 0 Å². The third-order valence-corrected chi connectivity index (χ3v) is 12.8. The number of carbonyl (C=O) groups is 3. The van der Waals surface area contributed by atoms with Crippen LogP contribution in [0.5, 0.6) is 11.5 Å². The minimum Gasteiger partial charge on any atom is -0.487 e. The Bertz CT molecular complexity index is 2970. The number of carboxylic acids is 1. The molecule has 1 unspecified atom stereocenters. The molecule has 2 amide bonds. The number of aromatic nitrogens is 8. The normalized spacial score (nSPS) is 13.7. The molecule has 1 aliphatic rings. The molecular weight excluding hydrogens is 851 g/mol. The van der Waals surface area contributed by atoms with E-state index in [0.717, 1.165) is 72.6 Å². The van der Waals surface area contributed by atoms with Gasteiger partial charge in [0.05, 0.1) is 16.3 Å². The van der Waals surface area contributed by atoms with Crippen molar-refractivity contribution in [3.63, 3.8) is 0 Å². The zero-order valence-electron chi connectivity index (χ0n) is 34.7. The van der Waals surface area contributed by atoms with Crippen molar-refractivity contribution in [3.05, 3.63) is 149 Å². The van der Waals surface area contributed by atoms with Crippen molar-refractivity contribution in [3.8, 4) is 34.0 Å². The molecule has 0 saturated carbocycles. The number of imide groups is 1. The zero-order chi connectivity index (χ0) is 44.2. The maximum atomic E-state index is 12.8. The van der Waals surface area contributed by atoms with E-state index in [1.54, 1.807) is 16.3 Å². The number of imidazole rings is 2. The fourth-order valence-corrected chi connectivity index (χ4v) is 9.28. The number of nitrogens with one attached hydrogen (secondary N) is 2. The van der Waals surface area contributed by atoms with Gasteiger partial charge in [0.1, 0.15) is 42.1 Å². The number of H-pyrrole nitrogens is 1. The number of benzene rings is 5. The first-order chi connectivity index (χ1) is 31.2. The number of thioether (sulfide) groups is 1. The molecule has 0 aliphatic carbocycles. The fraction of sp³-hybridized carbons (Fsp3) is 0.191. The van der Waals surface area contributed by atoms with Crippen LogP contribution in [0.1, 0.15) is 52.3 Å². The Morgan fingerprint density at radius 1 is 0.828 bits per heavy atom. The highest BCUT2D eigenvalue weighted by atomic mass is 32.2. The molecule has 0 bridgehead atoms. The van der Waals surface area contributed by atoms with E-state index in [0.29, 0.717) is 48.2 Å². The van der Waals surface area contributed by atoms with Crippen molar-refractivity contribution in [1.29, 1.82) is 0 Å². The lowest BCUT2D eigenvalue weighted by molar-refractivity contribution is -0.118. The van der Waals surface area contributed by atoms with E-state index in [1.165, 1.54) is 0 Å². The first-order valence-electron chi connectivity index (χ1n) is 20.5. The van der Waals surface area contributed by atoms with Crippen LogP contribution in [0, 0.1) is 0 Å². The van der Waals surface area contributed by atoms with E-state index in [2.05, 4.69) is 32.0 Å². The molecule has 0 spiro atoms. The molecule has 1 saturated heterocycles. The van der Waals surface area contributed by atoms with Crippen LogP contribution in [0.4, 0.5) is 4.79 Å². The lowest BCUT2D eigenvalue weighted by Gasteiger charge is -2.12. The van der Waals surface area contributed by atoms with Gasteiger partial charge in [-0.3, -0.25) is 14.9 Å². The highest BCUT2D eigenvalue weighted by molar-refractivity contribution is 8.15. The first-order valence-corrected chi connectivity index (χ1v) is 22.2. The van der Waals surface area contributed by atoms with E-state index in [4.69, 9.17) is 19.4 Å². The molecule has 17 heteroatoms. The van der Waals surface area contributed by atoms with Gasteiger partial charge in [0.25, 0.3) is 5.24 Å². The molecule has 3 N–H and O–H groups in total. The Morgan fingerprint density at radius 2 is 1.53 bits per heavy atom. The molecular formula is C47H41N9O6S2. The van der Waals surface area contributed by atoms with Gasteiger partial charge < -0.3 is 23.7 Å². The number of ether oxygens (including phenoxy) is 2. The van der Waals surface area contributed by atoms with Crippen LogP contribution in [0.15, 0.2) is 125 Å². The summed E-state index contributed by atoms with van der Waals surface area (Å²) in [6, 6.07) is 37.2. The number of rotatable bonds is 17. The fourth-order valence-electron chi connectivity index (χ4n) is 7.57. The van der Waals surface area contributed by atoms with Crippen LogP contribution in [0.2, 0.25) is 0 Å². The SMILES string of the molecule is CCCc1nc(COc2ccc(Sc3ccc4nc(COc5ccc(CC6SC(=O)NC6=O)cc5)n(C)c4c3)cc2)c(C(=O)O)n1Cc1ccc(-c2ccccc2-c2nn[nH]n2)cc1. The average molecular weight is 892 g/mol. The third kappa shape index (κ3) is 9.26. The van der Waals surface area contributed by atoms with Gasteiger partial charge in [-0.1, -0.05) is 91.1 Å². The Morgan fingerprint density at radius 3 is 2.22 bits per heavy atom. The molecule has 64 heavy (non-hydrogen) atoms. The van der Waals surface area contributed by atoms with Crippen LogP contribution in [-0.2, 0) is 44.4 Å². The zero-order valence-corrected chi connectivity index (χ0v) is 36.4. The monoisotopic (exact) mass is 891 g/mol. The molecule has 1 atom stereocenters. The Kier molecular flexibility index (Phi) is 12.2. The number of hydrogen-bond donors (Lipinski definition) is 3. The third-order valence-electron chi connectivity index (χ3n) is 10.8. The number of aromatic carboxylic acids is 1. The number of carbonyl (C=O) groups excluding carboxylic acids is 2. The van der Waals surface area contributed by atoms with Crippen molar-refractivity contribution < 1.29 is 29.0 Å². The number of carboxylic acid groups (broad SMARTS) is 1. The summed E-state index contributed by atoms with van der Waals surface area (Å²) in [5, 5.41) is 26.6. The van der Waals surface area contributed by atoms with E-state index >= 15 is 0 Å². The van der Waals surface area contributed by atoms with E-state index in [1.807, 2.05) is 128 Å². The quantitative estimate of drug-likeness (QED) is 0.0789. The van der Waals surface area contributed by atoms with Gasteiger partial charge in [-0.2, -0.15) is 5.21 Å². The molecule has 0 radical (unpaired) electrons. The number of nitrogens with zero attached hydrogens (tertiary/aromatic N) is 7. The smallest absolute Gasteiger partial charge is 0.354 e. The standard InChI is InChI=1S/C47H41N9O6S2/c1-3-6-41-49-38(43(46(58)59)56(41)25-29-9-13-30(14-10-29)35-7-4-5-8-36(35)44-51-53-54-52-44)26-61-32-17-19-33(20-18-32)63-34-21-22-37-39(24-34)55(2)42(48-37)27-62-31-15-11-28(12-16-31)23-40-45(57)50-47(60)64-40/h4-5,7-22,24,40H,3,6,23,25-27H2,1-2H3,(H,58,59)(H,50,57,60)(H,51,52,53,54). The summed E-state index contributed by atoms with van der Waals surface area (Å²) in [6.07, 6.45) is 1.89. The maximum absolute atomic E-state index is 12.8. The molecule has 322 valence electrons. The first kappa shape index (κ1) is 42.1. The molecule has 3 aromatic heterocycles. The second-order valence-corrected chi connectivity index (χ2v) is 17.4. The van der Waals surface area contributed by atoms with Gasteiger partial charge in [0.15, 0.2) is 5.69 Å². The van der Waals surface area contributed by atoms with Crippen LogP contribution in [0.25, 0.3) is 33.5 Å². The molecule has 1 aliphatic heterocycles. The number of aromatic amines is 1. The minimum absolute atomic E-state index is 0.00106. The van der Waals surface area contributed by atoms with E-state index in [9.17, 15) is 19.5 Å². The van der Waals surface area contributed by atoms with E-state index in [-0.39, 0.29) is 30.1 Å². The number of hydrogen-bond acceptors (Lipinski definition) is 12. The molecule has 15 nitrogen and oxygen atoms in total. The summed E-state index contributed by atoms with van der Waals surface area (Å²) in [5.41, 5.74) is 6.98. The summed E-state index contributed by atoms with van der Waals surface area (Å²) in [7, 11) is 1.96. The lowest BCUT2D eigenvalue weighted by atomic mass is 9.98. The number of fused-ring (bicyclic) bond motifs is 1. The predicted molar refractivity (Wildman–Crippen MR) is 242 cm³/mol. The molecule has 9 rings (SSSR count). The summed E-state index contributed by atoms with van der Waals surface area (Å²) < 4.78 is 16.0. The minimum atomic E-state index is -1.06. The van der Waals surface area contributed by atoms with Crippen LogP contribution in [-0.4, -0.2) is 67.2 Å². The van der Waals surface area contributed by atoms with E-state index < -0.39 is 11.2 Å². The van der Waals surface area contributed by atoms with Crippen molar-refractivity contribution >= 4 is 51.7 Å². The average Bonchev–Trinajstić information content (AvgIpc) is 4.10. The lowest BCUT2D eigenvalue weighted by Crippen LogP contribution is -2.25. The molecule has 1 fully saturated rings. The maximum Gasteiger partial charge on any atom is 0.354 e. The van der Waals surface area contributed by atoms with Crippen molar-refractivity contribution in [2.24, 2.45) is 7.05 Å². The van der Waals surface area contributed by atoms with Crippen molar-refractivity contribution in [2.45, 2.75) is 61.0 Å². The van der Waals surface area contributed by atoms with Gasteiger partial charge in [0.2, 0.25) is 11.7 Å². The van der Waals surface area contributed by atoms with Crippen LogP contribution < -0.4 is 14.8 Å². The largest absolute Gasteiger partial charge is 0.487 e. The Labute approximate surface area is 375 Å².